The molecule has 0 spiro atoms. The third-order valence-electron chi connectivity index (χ3n) is 4.37. The molecular formula is C13H16FNO3S. The molecule has 104 valence electrons. The minimum atomic E-state index is -3.09. The van der Waals surface area contributed by atoms with Crippen LogP contribution in [0.2, 0.25) is 0 Å². The van der Waals surface area contributed by atoms with Gasteiger partial charge in [-0.2, -0.15) is 0 Å². The first kappa shape index (κ1) is 13.0. The van der Waals surface area contributed by atoms with Crippen molar-refractivity contribution < 1.29 is 17.9 Å². The van der Waals surface area contributed by atoms with Gasteiger partial charge in [0.05, 0.1) is 21.9 Å². The van der Waals surface area contributed by atoms with Gasteiger partial charge in [-0.15, -0.1) is 0 Å². The van der Waals surface area contributed by atoms with Gasteiger partial charge in [0.25, 0.3) is 0 Å². The number of sulfone groups is 1. The molecule has 0 aliphatic carbocycles. The SMILES string of the molecule is Cc1nc(C2(O)CC3CCC(C2)S3(=O)=O)ccc1F. The predicted molar refractivity (Wildman–Crippen MR) is 67.8 cm³/mol. The molecule has 4 nitrogen and oxygen atoms in total. The molecule has 6 heteroatoms. The summed E-state index contributed by atoms with van der Waals surface area (Å²) in [5, 5.41) is 9.76. The van der Waals surface area contributed by atoms with Gasteiger partial charge in [-0.3, -0.25) is 4.98 Å². The smallest absolute Gasteiger partial charge is 0.156 e. The average molecular weight is 285 g/mol. The highest BCUT2D eigenvalue weighted by atomic mass is 32.2. The van der Waals surface area contributed by atoms with E-state index < -0.39 is 31.8 Å². The highest BCUT2D eigenvalue weighted by Crippen LogP contribution is 2.47. The van der Waals surface area contributed by atoms with E-state index in [0.717, 1.165) is 0 Å². The van der Waals surface area contributed by atoms with Crippen molar-refractivity contribution >= 4 is 9.84 Å². The first-order chi connectivity index (χ1) is 8.83. The van der Waals surface area contributed by atoms with Gasteiger partial charge < -0.3 is 5.11 Å². The Morgan fingerprint density at radius 3 is 2.42 bits per heavy atom. The van der Waals surface area contributed by atoms with Gasteiger partial charge in [-0.25, -0.2) is 12.8 Å². The zero-order valence-electron chi connectivity index (χ0n) is 10.6. The Balaban J connectivity index is 1.99. The van der Waals surface area contributed by atoms with E-state index in [4.69, 9.17) is 0 Å². The Morgan fingerprint density at radius 1 is 1.32 bits per heavy atom. The summed E-state index contributed by atoms with van der Waals surface area (Å²) >= 11 is 0. The van der Waals surface area contributed by atoms with Gasteiger partial charge in [0, 0.05) is 0 Å². The molecule has 0 radical (unpaired) electrons. The first-order valence-corrected chi connectivity index (χ1v) is 8.02. The van der Waals surface area contributed by atoms with E-state index in [1.807, 2.05) is 0 Å². The summed E-state index contributed by atoms with van der Waals surface area (Å²) in [5.41, 5.74) is -0.625. The molecule has 0 aromatic carbocycles. The fourth-order valence-electron chi connectivity index (χ4n) is 3.26. The number of hydrogen-bond acceptors (Lipinski definition) is 4. The van der Waals surface area contributed by atoms with Gasteiger partial charge in [-0.05, 0) is 44.7 Å². The topological polar surface area (TPSA) is 67.3 Å². The molecule has 2 aliphatic rings. The largest absolute Gasteiger partial charge is 0.383 e. The lowest BCUT2D eigenvalue weighted by molar-refractivity contribution is 0.0128. The molecule has 0 saturated carbocycles. The van der Waals surface area contributed by atoms with Crippen molar-refractivity contribution in [3.05, 3.63) is 29.3 Å². The standard InChI is InChI=1S/C13H16FNO3S/c1-8-11(14)4-5-12(15-8)13(16)6-9-2-3-10(7-13)19(9,17)18/h4-5,9-10,16H,2-3,6-7H2,1H3. The summed E-state index contributed by atoms with van der Waals surface area (Å²) < 4.78 is 37.3. The van der Waals surface area contributed by atoms with Crippen LogP contribution in [0.4, 0.5) is 4.39 Å². The molecule has 0 amide bonds. The number of fused-ring (bicyclic) bond motifs is 2. The van der Waals surface area contributed by atoms with E-state index in [2.05, 4.69) is 4.98 Å². The molecule has 2 unspecified atom stereocenters. The van der Waals surface area contributed by atoms with Gasteiger partial charge in [0.15, 0.2) is 9.84 Å². The number of rotatable bonds is 1. The molecule has 1 aromatic rings. The lowest BCUT2D eigenvalue weighted by atomic mass is 9.89. The van der Waals surface area contributed by atoms with Crippen molar-refractivity contribution in [2.45, 2.75) is 48.7 Å². The Labute approximate surface area is 111 Å². The van der Waals surface area contributed by atoms with Crippen LogP contribution in [0.5, 0.6) is 0 Å². The fraction of sp³-hybridized carbons (Fsp3) is 0.615. The molecular weight excluding hydrogens is 269 g/mol. The Morgan fingerprint density at radius 2 is 1.89 bits per heavy atom. The number of halogens is 1. The Kier molecular flexibility index (Phi) is 2.73. The van der Waals surface area contributed by atoms with Crippen LogP contribution in [0.1, 0.15) is 37.1 Å². The van der Waals surface area contributed by atoms with E-state index in [1.54, 1.807) is 0 Å². The molecule has 1 aromatic heterocycles. The van der Waals surface area contributed by atoms with Crippen molar-refractivity contribution in [1.29, 1.82) is 0 Å². The van der Waals surface area contributed by atoms with E-state index in [1.165, 1.54) is 19.1 Å². The first-order valence-electron chi connectivity index (χ1n) is 6.42. The summed E-state index contributed by atoms with van der Waals surface area (Å²) in [7, 11) is -3.09. The maximum Gasteiger partial charge on any atom is 0.156 e. The van der Waals surface area contributed by atoms with Crippen LogP contribution in [0, 0.1) is 12.7 Å². The van der Waals surface area contributed by atoms with Crippen LogP contribution in [0.15, 0.2) is 12.1 Å². The van der Waals surface area contributed by atoms with Crippen molar-refractivity contribution in [3.63, 3.8) is 0 Å². The lowest BCUT2D eigenvalue weighted by Gasteiger charge is -2.35. The second-order valence-corrected chi connectivity index (χ2v) is 8.13. The quantitative estimate of drug-likeness (QED) is 0.848. The molecule has 3 heterocycles. The molecule has 2 atom stereocenters. The summed E-state index contributed by atoms with van der Waals surface area (Å²) in [6.45, 7) is 1.54. The Bertz CT molecular complexity index is 609. The van der Waals surface area contributed by atoms with E-state index in [-0.39, 0.29) is 18.5 Å². The maximum atomic E-state index is 13.2. The summed E-state index contributed by atoms with van der Waals surface area (Å²) in [5.74, 6) is -0.418. The molecule has 1 N–H and O–H groups in total. The molecule has 3 rings (SSSR count). The fourth-order valence-corrected chi connectivity index (χ4v) is 5.75. The minimum Gasteiger partial charge on any atom is -0.383 e. The third-order valence-corrected chi connectivity index (χ3v) is 7.03. The number of nitrogens with zero attached hydrogens (tertiary/aromatic N) is 1. The number of aliphatic hydroxyl groups is 1. The number of aromatic nitrogens is 1. The van der Waals surface area contributed by atoms with Crippen LogP contribution in [0.3, 0.4) is 0 Å². The second kappa shape index (κ2) is 3.99. The van der Waals surface area contributed by atoms with Gasteiger partial charge in [0.1, 0.15) is 11.4 Å². The Hall–Kier alpha value is -1.01. The van der Waals surface area contributed by atoms with Crippen LogP contribution in [0.25, 0.3) is 0 Å². The van der Waals surface area contributed by atoms with Gasteiger partial charge >= 0.3 is 0 Å². The highest BCUT2D eigenvalue weighted by molar-refractivity contribution is 7.93. The highest BCUT2D eigenvalue weighted by Gasteiger charge is 2.53. The predicted octanol–water partition coefficient (Wildman–Crippen LogP) is 1.46. The van der Waals surface area contributed by atoms with Crippen molar-refractivity contribution in [1.82, 2.24) is 4.98 Å². The van der Waals surface area contributed by atoms with Crippen molar-refractivity contribution in [2.24, 2.45) is 0 Å². The lowest BCUT2D eigenvalue weighted by Crippen LogP contribution is -2.43. The minimum absolute atomic E-state index is 0.171. The number of pyridine rings is 1. The van der Waals surface area contributed by atoms with E-state index in [0.29, 0.717) is 18.5 Å². The zero-order chi connectivity index (χ0) is 13.8. The van der Waals surface area contributed by atoms with E-state index in [9.17, 15) is 17.9 Å². The second-order valence-electron chi connectivity index (χ2n) is 5.61. The molecule has 2 aliphatic heterocycles. The van der Waals surface area contributed by atoms with E-state index >= 15 is 0 Å². The maximum absolute atomic E-state index is 13.2. The monoisotopic (exact) mass is 285 g/mol. The van der Waals surface area contributed by atoms with Crippen molar-refractivity contribution in [3.8, 4) is 0 Å². The zero-order valence-corrected chi connectivity index (χ0v) is 11.5. The molecule has 2 fully saturated rings. The van der Waals surface area contributed by atoms with Crippen LogP contribution < -0.4 is 0 Å². The summed E-state index contributed by atoms with van der Waals surface area (Å²) in [6.07, 6.45) is 1.55. The van der Waals surface area contributed by atoms with Crippen molar-refractivity contribution in [2.75, 3.05) is 0 Å². The normalized spacial score (nSPS) is 36.4. The molecule has 2 saturated heterocycles. The number of hydrogen-bond donors (Lipinski definition) is 1. The average Bonchev–Trinajstić information content (AvgIpc) is 2.53. The molecule has 2 bridgehead atoms. The number of aryl methyl sites for hydroxylation is 1. The summed E-state index contributed by atoms with van der Waals surface area (Å²) in [6, 6.07) is 2.74. The molecule has 19 heavy (non-hydrogen) atoms. The van der Waals surface area contributed by atoms with Crippen LogP contribution in [-0.2, 0) is 15.4 Å². The van der Waals surface area contributed by atoms with Gasteiger partial charge in [0.2, 0.25) is 0 Å². The van der Waals surface area contributed by atoms with Gasteiger partial charge in [-0.1, -0.05) is 0 Å². The van der Waals surface area contributed by atoms with Crippen LogP contribution >= 0.6 is 0 Å². The third kappa shape index (κ3) is 1.89. The van der Waals surface area contributed by atoms with Crippen LogP contribution in [-0.4, -0.2) is 29.0 Å². The summed E-state index contributed by atoms with van der Waals surface area (Å²) in [4.78, 5) is 4.09.